The molecule has 3 aromatic rings. The number of aliphatic imine (C=N–C) groups is 1. The van der Waals surface area contributed by atoms with E-state index in [1.54, 1.807) is 6.20 Å². The molecule has 2 aliphatic rings. The number of piperidine rings is 1. The van der Waals surface area contributed by atoms with Gasteiger partial charge in [-0.15, -0.1) is 0 Å². The van der Waals surface area contributed by atoms with Crippen LogP contribution in [-0.4, -0.2) is 69.6 Å². The number of benzene rings is 1. The van der Waals surface area contributed by atoms with E-state index < -0.39 is 0 Å². The zero-order valence-corrected chi connectivity index (χ0v) is 22.6. The van der Waals surface area contributed by atoms with Crippen LogP contribution in [0, 0.1) is 5.92 Å². The summed E-state index contributed by atoms with van der Waals surface area (Å²) >= 11 is 0. The van der Waals surface area contributed by atoms with Gasteiger partial charge in [0.1, 0.15) is 5.69 Å². The van der Waals surface area contributed by atoms with Crippen LogP contribution < -0.4 is 5.32 Å². The lowest BCUT2D eigenvalue weighted by Gasteiger charge is -2.32. The standard InChI is InChI=1S/C30H39N7O/c1-3-13-31-25(4-2)27-9-14-32-30(35-27)33-24-7-8-26-23(20-24)21-28(34-26)29(38)37-18-11-22(12-19-37)10-17-36-15-5-6-16-36/h4,7-9,13-14,20-22,34H,3,5-6,10-12,15-19H2,1-2H3,(H,32,33,35)/b25-4-,31-13?. The molecule has 2 aromatic heterocycles. The summed E-state index contributed by atoms with van der Waals surface area (Å²) in [7, 11) is 0. The first-order valence-electron chi connectivity index (χ1n) is 14.1. The molecule has 200 valence electrons. The fourth-order valence-electron chi connectivity index (χ4n) is 5.46. The SMILES string of the molecule is C/C=C(\N=CCC)c1ccnc(Nc2ccc3[nH]c(C(=O)N4CCC(CCN5CCCC5)CC4)cc3c2)n1. The predicted octanol–water partition coefficient (Wildman–Crippen LogP) is 5.88. The maximum atomic E-state index is 13.3. The van der Waals surface area contributed by atoms with Gasteiger partial charge in [0.05, 0.1) is 11.4 Å². The van der Waals surface area contributed by atoms with Gasteiger partial charge in [-0.3, -0.25) is 9.79 Å². The third-order valence-electron chi connectivity index (χ3n) is 7.67. The molecule has 2 N–H and O–H groups in total. The number of carbonyl (C=O) groups is 1. The Morgan fingerprint density at radius 2 is 1.97 bits per heavy atom. The van der Waals surface area contributed by atoms with Crippen molar-refractivity contribution in [2.24, 2.45) is 10.9 Å². The van der Waals surface area contributed by atoms with E-state index in [4.69, 9.17) is 0 Å². The molecule has 8 heteroatoms. The number of hydrogen-bond donors (Lipinski definition) is 2. The van der Waals surface area contributed by atoms with Gasteiger partial charge in [0.15, 0.2) is 0 Å². The van der Waals surface area contributed by atoms with E-state index in [1.165, 1.54) is 38.9 Å². The van der Waals surface area contributed by atoms with E-state index in [0.29, 0.717) is 11.6 Å². The van der Waals surface area contributed by atoms with E-state index in [2.05, 4.69) is 37.1 Å². The number of aromatic amines is 1. The minimum atomic E-state index is 0.0938. The highest BCUT2D eigenvalue weighted by Gasteiger charge is 2.25. The molecular formula is C30H39N7O. The molecule has 0 radical (unpaired) electrons. The number of allylic oxidation sites excluding steroid dienone is 1. The Bertz CT molecular complexity index is 1300. The quantitative estimate of drug-likeness (QED) is 0.349. The lowest BCUT2D eigenvalue weighted by molar-refractivity contribution is 0.0677. The van der Waals surface area contributed by atoms with Gasteiger partial charge in [0.2, 0.25) is 5.95 Å². The van der Waals surface area contributed by atoms with E-state index in [-0.39, 0.29) is 5.91 Å². The third kappa shape index (κ3) is 6.30. The second-order valence-corrected chi connectivity index (χ2v) is 10.3. The highest BCUT2D eigenvalue weighted by Crippen LogP contribution is 2.26. The number of aromatic nitrogens is 3. The Morgan fingerprint density at radius 1 is 1.16 bits per heavy atom. The van der Waals surface area contributed by atoms with Gasteiger partial charge in [-0.2, -0.15) is 0 Å². The number of H-pyrrole nitrogens is 1. The maximum absolute atomic E-state index is 13.3. The van der Waals surface area contributed by atoms with Crippen LogP contribution in [-0.2, 0) is 0 Å². The Kier molecular flexibility index (Phi) is 8.48. The summed E-state index contributed by atoms with van der Waals surface area (Å²) < 4.78 is 0. The van der Waals surface area contributed by atoms with Crippen molar-refractivity contribution in [3.8, 4) is 0 Å². The first-order valence-corrected chi connectivity index (χ1v) is 14.1. The predicted molar refractivity (Wildman–Crippen MR) is 155 cm³/mol. The van der Waals surface area contributed by atoms with Crippen LogP contribution in [0.3, 0.4) is 0 Å². The average molecular weight is 514 g/mol. The first kappa shape index (κ1) is 26.1. The molecule has 0 atom stereocenters. The van der Waals surface area contributed by atoms with Gasteiger partial charge in [-0.25, -0.2) is 9.97 Å². The van der Waals surface area contributed by atoms with Crippen molar-refractivity contribution >= 4 is 40.4 Å². The lowest BCUT2D eigenvalue weighted by Crippen LogP contribution is -2.39. The van der Waals surface area contributed by atoms with Crippen molar-refractivity contribution in [1.29, 1.82) is 0 Å². The van der Waals surface area contributed by atoms with Crippen LogP contribution >= 0.6 is 0 Å². The van der Waals surface area contributed by atoms with Gasteiger partial charge in [-0.05, 0) is 101 Å². The van der Waals surface area contributed by atoms with Crippen LogP contribution in [0.1, 0.15) is 68.6 Å². The molecule has 2 aliphatic heterocycles. The topological polar surface area (TPSA) is 89.5 Å². The van der Waals surface area contributed by atoms with Crippen molar-refractivity contribution in [3.05, 3.63) is 54.0 Å². The fourth-order valence-corrected chi connectivity index (χ4v) is 5.46. The summed E-state index contributed by atoms with van der Waals surface area (Å²) in [6.07, 6.45) is 12.6. The Hall–Kier alpha value is -3.52. The minimum absolute atomic E-state index is 0.0938. The molecule has 0 saturated carbocycles. The van der Waals surface area contributed by atoms with Crippen molar-refractivity contribution in [1.82, 2.24) is 24.8 Å². The second-order valence-electron chi connectivity index (χ2n) is 10.3. The molecule has 2 saturated heterocycles. The smallest absolute Gasteiger partial charge is 0.270 e. The van der Waals surface area contributed by atoms with Crippen molar-refractivity contribution in [2.75, 3.05) is 38.0 Å². The van der Waals surface area contributed by atoms with Gasteiger partial charge in [0.25, 0.3) is 5.91 Å². The monoisotopic (exact) mass is 513 g/mol. The van der Waals surface area contributed by atoms with E-state index in [0.717, 1.165) is 66.3 Å². The average Bonchev–Trinajstić information content (AvgIpc) is 3.62. The molecule has 1 amide bonds. The number of rotatable bonds is 9. The second kappa shape index (κ2) is 12.3. The zero-order valence-electron chi connectivity index (χ0n) is 22.6. The molecule has 8 nitrogen and oxygen atoms in total. The normalized spacial score (nSPS) is 17.6. The number of anilines is 2. The zero-order chi connectivity index (χ0) is 26.3. The number of nitrogens with zero attached hydrogens (tertiary/aromatic N) is 5. The fraction of sp³-hybridized carbons (Fsp3) is 0.467. The third-order valence-corrected chi connectivity index (χ3v) is 7.67. The van der Waals surface area contributed by atoms with Crippen LogP contribution in [0.15, 0.2) is 47.6 Å². The van der Waals surface area contributed by atoms with Crippen LogP contribution in [0.5, 0.6) is 0 Å². The van der Waals surface area contributed by atoms with Crippen LogP contribution in [0.2, 0.25) is 0 Å². The maximum Gasteiger partial charge on any atom is 0.270 e. The van der Waals surface area contributed by atoms with Gasteiger partial charge in [0, 0.05) is 42.1 Å². The van der Waals surface area contributed by atoms with Crippen molar-refractivity contribution in [3.63, 3.8) is 0 Å². The van der Waals surface area contributed by atoms with Crippen LogP contribution in [0.25, 0.3) is 16.6 Å². The molecule has 0 aliphatic carbocycles. The summed E-state index contributed by atoms with van der Waals surface area (Å²) in [5.74, 6) is 1.34. The van der Waals surface area contributed by atoms with Crippen molar-refractivity contribution < 1.29 is 4.79 Å². The van der Waals surface area contributed by atoms with Crippen LogP contribution in [0.4, 0.5) is 11.6 Å². The molecule has 0 spiro atoms. The van der Waals surface area contributed by atoms with Gasteiger partial charge in [-0.1, -0.05) is 13.0 Å². The molecule has 2 fully saturated rings. The van der Waals surface area contributed by atoms with Gasteiger partial charge < -0.3 is 20.1 Å². The number of carbonyl (C=O) groups excluding carboxylic acids is 1. The summed E-state index contributed by atoms with van der Waals surface area (Å²) in [6, 6.07) is 9.80. The molecule has 4 heterocycles. The Morgan fingerprint density at radius 3 is 2.74 bits per heavy atom. The van der Waals surface area contributed by atoms with E-state index >= 15 is 0 Å². The largest absolute Gasteiger partial charge is 0.351 e. The number of nitrogens with one attached hydrogen (secondary N) is 2. The number of amides is 1. The molecule has 38 heavy (non-hydrogen) atoms. The highest BCUT2D eigenvalue weighted by atomic mass is 16.2. The molecule has 1 aromatic carbocycles. The summed E-state index contributed by atoms with van der Waals surface area (Å²) in [5.41, 5.74) is 4.05. The highest BCUT2D eigenvalue weighted by molar-refractivity contribution is 5.98. The molecule has 5 rings (SSSR count). The summed E-state index contributed by atoms with van der Waals surface area (Å²) in [4.78, 5) is 34.7. The Labute approximate surface area is 225 Å². The minimum Gasteiger partial charge on any atom is -0.351 e. The lowest BCUT2D eigenvalue weighted by atomic mass is 9.93. The first-order chi connectivity index (χ1) is 18.6. The van der Waals surface area contributed by atoms with E-state index in [1.807, 2.05) is 54.4 Å². The van der Waals surface area contributed by atoms with E-state index in [9.17, 15) is 4.79 Å². The number of likely N-dealkylation sites (tertiary alicyclic amines) is 2. The number of hydrogen-bond acceptors (Lipinski definition) is 6. The number of fused-ring (bicyclic) bond motifs is 1. The van der Waals surface area contributed by atoms with Gasteiger partial charge >= 0.3 is 0 Å². The molecule has 0 bridgehead atoms. The summed E-state index contributed by atoms with van der Waals surface area (Å²) in [6.45, 7) is 9.44. The summed E-state index contributed by atoms with van der Waals surface area (Å²) in [5, 5.41) is 4.28. The van der Waals surface area contributed by atoms with Crippen molar-refractivity contribution in [2.45, 2.75) is 52.4 Å². The molecular weight excluding hydrogens is 474 g/mol. The Balaban J connectivity index is 1.20. The molecule has 0 unspecified atom stereocenters.